The number of aliphatic imine (C=N–C) groups is 2. The zero-order valence-corrected chi connectivity index (χ0v) is 19.0. The summed E-state index contributed by atoms with van der Waals surface area (Å²) in [5.41, 5.74) is 2.62. The summed E-state index contributed by atoms with van der Waals surface area (Å²) in [6, 6.07) is 9.14. The smallest absolute Gasteiger partial charge is 0.203 e. The van der Waals surface area contributed by atoms with E-state index in [1.807, 2.05) is 45.0 Å². The molecule has 0 bridgehead atoms. The molecule has 0 aliphatic carbocycles. The van der Waals surface area contributed by atoms with Crippen LogP contribution in [0.25, 0.3) is 5.69 Å². The normalized spacial score (nSPS) is 13.1. The third-order valence-corrected chi connectivity index (χ3v) is 4.99. The van der Waals surface area contributed by atoms with Crippen LogP contribution in [-0.2, 0) is 11.3 Å². The number of nitrogens with zero attached hydrogens (tertiary/aromatic N) is 6. The van der Waals surface area contributed by atoms with Crippen molar-refractivity contribution < 1.29 is 9.84 Å². The molecule has 172 valence electrons. The highest BCUT2D eigenvalue weighted by atomic mass is 16.5. The lowest BCUT2D eigenvalue weighted by atomic mass is 9.95. The standard InChI is InChI=1S/C24H28N6O3/c1-5-33-17(2)14-26-24(25-4)20-8-6-7-19(13-20)18(3)23-22(32)9-10-30(28-23)21-15-27-29(16-21)11-12-31/h6-10,13-16,18,31H,4-5,11-12H2,1-3H3/b17-14+,26-24?. The third kappa shape index (κ3) is 5.89. The molecule has 0 aliphatic heterocycles. The minimum Gasteiger partial charge on any atom is -0.497 e. The molecule has 9 heteroatoms. The van der Waals surface area contributed by atoms with Crippen molar-refractivity contribution in [2.24, 2.45) is 9.98 Å². The Morgan fingerprint density at radius 3 is 2.91 bits per heavy atom. The number of aliphatic hydroxyl groups excluding tert-OH is 1. The fraction of sp³-hybridized carbons (Fsp3) is 0.292. The molecule has 0 spiro atoms. The van der Waals surface area contributed by atoms with Crippen LogP contribution in [0.3, 0.4) is 0 Å². The zero-order chi connectivity index (χ0) is 23.8. The number of aliphatic hydroxyl groups is 1. The van der Waals surface area contributed by atoms with Crippen LogP contribution in [0.1, 0.15) is 43.5 Å². The van der Waals surface area contributed by atoms with E-state index in [0.29, 0.717) is 36.1 Å². The molecule has 33 heavy (non-hydrogen) atoms. The average Bonchev–Trinajstić information content (AvgIpc) is 3.29. The fourth-order valence-corrected chi connectivity index (χ4v) is 3.29. The number of allylic oxidation sites excluding steroid dienone is 1. The van der Waals surface area contributed by atoms with Gasteiger partial charge in [0.1, 0.15) is 17.1 Å². The predicted molar refractivity (Wildman–Crippen MR) is 128 cm³/mol. The van der Waals surface area contributed by atoms with Gasteiger partial charge in [-0.05, 0) is 32.2 Å². The summed E-state index contributed by atoms with van der Waals surface area (Å²) >= 11 is 0. The number of rotatable bonds is 9. The lowest BCUT2D eigenvalue weighted by Crippen LogP contribution is -2.19. The van der Waals surface area contributed by atoms with Gasteiger partial charge < -0.3 is 9.84 Å². The van der Waals surface area contributed by atoms with Crippen molar-refractivity contribution in [3.8, 4) is 5.69 Å². The van der Waals surface area contributed by atoms with E-state index >= 15 is 0 Å². The molecule has 9 nitrogen and oxygen atoms in total. The summed E-state index contributed by atoms with van der Waals surface area (Å²) in [7, 11) is 0. The Labute approximate surface area is 192 Å². The first-order valence-electron chi connectivity index (χ1n) is 10.6. The molecule has 0 saturated heterocycles. The number of aromatic nitrogens is 4. The summed E-state index contributed by atoms with van der Waals surface area (Å²) in [6.07, 6.45) is 6.62. The maximum Gasteiger partial charge on any atom is 0.203 e. The van der Waals surface area contributed by atoms with Crippen LogP contribution in [0.4, 0.5) is 0 Å². The first-order valence-corrected chi connectivity index (χ1v) is 10.6. The molecule has 1 atom stereocenters. The van der Waals surface area contributed by atoms with Gasteiger partial charge in [0.2, 0.25) is 5.43 Å². The fourth-order valence-electron chi connectivity index (χ4n) is 3.29. The van der Waals surface area contributed by atoms with Gasteiger partial charge in [-0.15, -0.1) is 0 Å². The number of ether oxygens (including phenoxy) is 1. The highest BCUT2D eigenvalue weighted by Crippen LogP contribution is 2.22. The Bertz CT molecular complexity index is 1220. The first kappa shape index (κ1) is 23.8. The van der Waals surface area contributed by atoms with E-state index in [-0.39, 0.29) is 18.0 Å². The van der Waals surface area contributed by atoms with Crippen molar-refractivity contribution >= 4 is 12.6 Å². The Kier molecular flexibility index (Phi) is 8.04. The molecule has 3 aromatic rings. The summed E-state index contributed by atoms with van der Waals surface area (Å²) in [6.45, 7) is 10.2. The Hall–Kier alpha value is -3.85. The monoisotopic (exact) mass is 448 g/mol. The average molecular weight is 449 g/mol. The molecular weight excluding hydrogens is 420 g/mol. The van der Waals surface area contributed by atoms with Gasteiger partial charge in [0.25, 0.3) is 0 Å². The van der Waals surface area contributed by atoms with E-state index in [1.165, 1.54) is 6.07 Å². The minimum atomic E-state index is -0.274. The van der Waals surface area contributed by atoms with Crippen molar-refractivity contribution in [3.05, 3.63) is 87.9 Å². The van der Waals surface area contributed by atoms with Gasteiger partial charge >= 0.3 is 0 Å². The molecule has 0 amide bonds. The number of hydrogen-bond donors (Lipinski definition) is 1. The van der Waals surface area contributed by atoms with Crippen molar-refractivity contribution in [1.29, 1.82) is 0 Å². The first-order chi connectivity index (χ1) is 16.0. The van der Waals surface area contributed by atoms with Crippen LogP contribution in [0.15, 0.2) is 75.7 Å². The second kappa shape index (κ2) is 11.1. The van der Waals surface area contributed by atoms with Gasteiger partial charge in [0.05, 0.1) is 38.4 Å². The minimum absolute atomic E-state index is 0.0107. The second-order valence-electron chi connectivity index (χ2n) is 7.33. The van der Waals surface area contributed by atoms with Gasteiger partial charge in [-0.2, -0.15) is 10.2 Å². The van der Waals surface area contributed by atoms with Crippen molar-refractivity contribution in [3.63, 3.8) is 0 Å². The molecule has 1 N–H and O–H groups in total. The van der Waals surface area contributed by atoms with E-state index in [0.717, 1.165) is 11.1 Å². The number of benzene rings is 1. The number of hydrogen-bond acceptors (Lipinski definition) is 6. The SMILES string of the molecule is C=NC(=N/C=C(\C)OCC)c1cccc(C(C)c2nn(-c3cnn(CCO)c3)ccc2=O)c1. The third-order valence-electron chi connectivity index (χ3n) is 4.99. The summed E-state index contributed by atoms with van der Waals surface area (Å²) in [4.78, 5) is 21.1. The van der Waals surface area contributed by atoms with Crippen molar-refractivity contribution in [2.45, 2.75) is 33.2 Å². The molecular formula is C24H28N6O3. The van der Waals surface area contributed by atoms with E-state index in [2.05, 4.69) is 26.9 Å². The predicted octanol–water partition coefficient (Wildman–Crippen LogP) is 2.92. The molecule has 0 fully saturated rings. The van der Waals surface area contributed by atoms with Crippen LogP contribution in [0, 0.1) is 0 Å². The molecule has 0 radical (unpaired) electrons. The van der Waals surface area contributed by atoms with Gasteiger partial charge in [0.15, 0.2) is 5.84 Å². The largest absolute Gasteiger partial charge is 0.497 e. The molecule has 3 rings (SSSR count). The molecule has 0 aliphatic rings. The summed E-state index contributed by atoms with van der Waals surface area (Å²) in [5.74, 6) is 0.863. The number of amidine groups is 1. The van der Waals surface area contributed by atoms with E-state index in [9.17, 15) is 4.79 Å². The molecule has 2 heterocycles. The topological polar surface area (TPSA) is 107 Å². The second-order valence-corrected chi connectivity index (χ2v) is 7.33. The van der Waals surface area contributed by atoms with Gasteiger partial charge in [-0.25, -0.2) is 14.7 Å². The maximum absolute atomic E-state index is 12.6. The highest BCUT2D eigenvalue weighted by Gasteiger charge is 2.16. The van der Waals surface area contributed by atoms with Crippen LogP contribution >= 0.6 is 0 Å². The molecule has 1 unspecified atom stereocenters. The van der Waals surface area contributed by atoms with Gasteiger partial charge in [-0.1, -0.05) is 25.1 Å². The van der Waals surface area contributed by atoms with E-state index < -0.39 is 0 Å². The van der Waals surface area contributed by atoms with Crippen molar-refractivity contribution in [1.82, 2.24) is 19.6 Å². The summed E-state index contributed by atoms with van der Waals surface area (Å²) in [5, 5.41) is 17.8. The van der Waals surface area contributed by atoms with Gasteiger partial charge in [-0.3, -0.25) is 9.48 Å². The van der Waals surface area contributed by atoms with E-state index in [1.54, 1.807) is 34.2 Å². The molecule has 2 aromatic heterocycles. The maximum atomic E-state index is 12.6. The van der Waals surface area contributed by atoms with Crippen LogP contribution in [0.5, 0.6) is 0 Å². The van der Waals surface area contributed by atoms with Crippen LogP contribution in [0.2, 0.25) is 0 Å². The quantitative estimate of drug-likeness (QED) is 0.308. The van der Waals surface area contributed by atoms with Crippen LogP contribution < -0.4 is 5.43 Å². The molecule has 1 aromatic carbocycles. The lowest BCUT2D eigenvalue weighted by Gasteiger charge is -2.13. The zero-order valence-electron chi connectivity index (χ0n) is 19.0. The van der Waals surface area contributed by atoms with E-state index in [4.69, 9.17) is 9.84 Å². The van der Waals surface area contributed by atoms with Crippen LogP contribution in [-0.4, -0.2) is 50.4 Å². The molecule has 0 saturated carbocycles. The Morgan fingerprint density at radius 2 is 2.18 bits per heavy atom. The highest BCUT2D eigenvalue weighted by molar-refractivity contribution is 6.01. The Balaban J connectivity index is 1.93. The van der Waals surface area contributed by atoms with Gasteiger partial charge in [0, 0.05) is 23.7 Å². The summed E-state index contributed by atoms with van der Waals surface area (Å²) < 4.78 is 8.62. The lowest BCUT2D eigenvalue weighted by molar-refractivity contribution is 0.230. The van der Waals surface area contributed by atoms with Crippen molar-refractivity contribution in [2.75, 3.05) is 13.2 Å². The Morgan fingerprint density at radius 1 is 1.36 bits per heavy atom.